The number of benzene rings is 1. The Labute approximate surface area is 112 Å². The first-order valence-corrected chi connectivity index (χ1v) is 6.92. The fourth-order valence-corrected chi connectivity index (χ4v) is 3.61. The maximum atomic E-state index is 13.9. The first-order valence-electron chi connectivity index (χ1n) is 6.92. The maximum Gasteiger partial charge on any atom is 0.132 e. The lowest BCUT2D eigenvalue weighted by molar-refractivity contribution is 0.243. The molecule has 1 aromatic rings. The molecule has 102 valence electrons. The van der Waals surface area contributed by atoms with Gasteiger partial charge in [-0.25, -0.2) is 4.39 Å². The normalized spacial score (nSPS) is 26.6. The Kier molecular flexibility index (Phi) is 3.27. The molecule has 0 radical (unpaired) electrons. The summed E-state index contributed by atoms with van der Waals surface area (Å²) in [6, 6.07) is 4.56. The molecule has 3 rings (SSSR count). The van der Waals surface area contributed by atoms with Gasteiger partial charge in [0.15, 0.2) is 0 Å². The lowest BCUT2D eigenvalue weighted by atomic mass is 10.0. The van der Waals surface area contributed by atoms with Crippen LogP contribution in [-0.2, 0) is 6.54 Å². The Bertz CT molecular complexity index is 495. The Morgan fingerprint density at radius 2 is 1.95 bits per heavy atom. The van der Waals surface area contributed by atoms with E-state index in [-0.39, 0.29) is 5.82 Å². The monoisotopic (exact) mass is 262 g/mol. The van der Waals surface area contributed by atoms with Gasteiger partial charge in [-0.05, 0) is 49.8 Å². The van der Waals surface area contributed by atoms with E-state index >= 15 is 0 Å². The average Bonchev–Trinajstić information content (AvgIpc) is 2.97. The van der Waals surface area contributed by atoms with Crippen LogP contribution in [0.25, 0.3) is 0 Å². The third-order valence-electron chi connectivity index (χ3n) is 4.67. The van der Waals surface area contributed by atoms with Gasteiger partial charge in [-0.15, -0.1) is 0 Å². The summed E-state index contributed by atoms with van der Waals surface area (Å²) in [5, 5.41) is 11.7. The minimum Gasteiger partial charge on any atom is -0.411 e. The van der Waals surface area contributed by atoms with Crippen molar-refractivity contribution in [1.82, 2.24) is 4.90 Å². The Balaban J connectivity index is 1.93. The van der Waals surface area contributed by atoms with E-state index in [1.165, 1.54) is 38.0 Å². The molecular formula is C15H19FN2O. The zero-order chi connectivity index (χ0) is 13.4. The van der Waals surface area contributed by atoms with Gasteiger partial charge in [0.05, 0.1) is 6.21 Å². The molecule has 0 saturated carbocycles. The zero-order valence-electron chi connectivity index (χ0n) is 11.1. The quantitative estimate of drug-likeness (QED) is 0.516. The summed E-state index contributed by atoms with van der Waals surface area (Å²) in [5.74, 6) is -0.315. The highest BCUT2D eigenvalue weighted by molar-refractivity contribution is 5.82. The molecule has 2 aliphatic rings. The van der Waals surface area contributed by atoms with Gasteiger partial charge >= 0.3 is 0 Å². The number of halogens is 1. The summed E-state index contributed by atoms with van der Waals surface area (Å²) in [7, 11) is 0. The van der Waals surface area contributed by atoms with Crippen molar-refractivity contribution in [3.05, 3.63) is 34.6 Å². The minimum absolute atomic E-state index is 0.315. The van der Waals surface area contributed by atoms with Gasteiger partial charge in [-0.3, -0.25) is 4.90 Å². The first-order chi connectivity index (χ1) is 9.20. The summed E-state index contributed by atoms with van der Waals surface area (Å²) in [5.41, 5.74) is 2.44. The molecule has 2 heterocycles. The lowest BCUT2D eigenvalue weighted by Gasteiger charge is -2.23. The number of hydrogen-bond donors (Lipinski definition) is 1. The Morgan fingerprint density at radius 3 is 2.53 bits per heavy atom. The van der Waals surface area contributed by atoms with Crippen molar-refractivity contribution < 1.29 is 9.60 Å². The van der Waals surface area contributed by atoms with Crippen LogP contribution in [0.4, 0.5) is 4.39 Å². The Morgan fingerprint density at radius 1 is 1.32 bits per heavy atom. The third-order valence-corrected chi connectivity index (χ3v) is 4.67. The van der Waals surface area contributed by atoms with Gasteiger partial charge in [0.25, 0.3) is 0 Å². The molecule has 0 unspecified atom stereocenters. The molecule has 2 saturated heterocycles. The predicted molar refractivity (Wildman–Crippen MR) is 72.1 cm³/mol. The van der Waals surface area contributed by atoms with E-state index in [9.17, 15) is 4.39 Å². The van der Waals surface area contributed by atoms with Crippen LogP contribution in [0.3, 0.4) is 0 Å². The molecule has 0 aromatic heterocycles. The predicted octanol–water partition coefficient (Wildman–Crippen LogP) is 3.07. The van der Waals surface area contributed by atoms with Crippen molar-refractivity contribution in [3.63, 3.8) is 0 Å². The van der Waals surface area contributed by atoms with E-state index in [1.54, 1.807) is 6.07 Å². The number of oxime groups is 1. The molecule has 1 aromatic carbocycles. The molecule has 1 N–H and O–H groups in total. The smallest absolute Gasteiger partial charge is 0.132 e. The third kappa shape index (κ3) is 2.14. The topological polar surface area (TPSA) is 35.8 Å². The molecule has 0 aliphatic carbocycles. The van der Waals surface area contributed by atoms with Crippen molar-refractivity contribution >= 4 is 6.21 Å². The van der Waals surface area contributed by atoms with E-state index in [0.717, 1.165) is 17.7 Å². The van der Waals surface area contributed by atoms with E-state index < -0.39 is 0 Å². The molecule has 2 fully saturated rings. The van der Waals surface area contributed by atoms with Gasteiger partial charge in [-0.1, -0.05) is 11.2 Å². The van der Waals surface area contributed by atoms with Gasteiger partial charge in [0, 0.05) is 24.2 Å². The van der Waals surface area contributed by atoms with Crippen molar-refractivity contribution in [1.29, 1.82) is 0 Å². The second-order valence-electron chi connectivity index (χ2n) is 5.64. The molecule has 3 nitrogen and oxygen atoms in total. The van der Waals surface area contributed by atoms with Crippen LogP contribution in [0.15, 0.2) is 17.3 Å². The number of aryl methyl sites for hydroxylation is 1. The second kappa shape index (κ2) is 4.93. The summed E-state index contributed by atoms with van der Waals surface area (Å²) in [6.45, 7) is 2.75. The van der Waals surface area contributed by atoms with E-state index in [1.807, 2.05) is 6.92 Å². The standard InChI is InChI=1S/C15H19FN2O/c1-10-2-7-15(16)13(8-17-19)14(10)9-18-11-3-4-12(18)6-5-11/h2,7-8,11-12,19H,3-6,9H2,1H3/b17-8+. The lowest BCUT2D eigenvalue weighted by Crippen LogP contribution is -2.28. The van der Waals surface area contributed by atoms with Gasteiger partial charge in [0.2, 0.25) is 0 Å². The SMILES string of the molecule is Cc1ccc(F)c(/C=N/O)c1CN1C2CCC1CC2. The van der Waals surface area contributed by atoms with Gasteiger partial charge in [0.1, 0.15) is 5.82 Å². The van der Waals surface area contributed by atoms with Crippen LogP contribution >= 0.6 is 0 Å². The van der Waals surface area contributed by atoms with E-state index in [0.29, 0.717) is 17.6 Å². The second-order valence-corrected chi connectivity index (χ2v) is 5.64. The van der Waals surface area contributed by atoms with Crippen LogP contribution in [0.5, 0.6) is 0 Å². The fourth-order valence-electron chi connectivity index (χ4n) is 3.61. The number of fused-ring (bicyclic) bond motifs is 2. The molecule has 0 amide bonds. The number of nitrogens with zero attached hydrogens (tertiary/aromatic N) is 2. The summed E-state index contributed by atoms with van der Waals surface area (Å²) < 4.78 is 13.9. The number of rotatable bonds is 3. The van der Waals surface area contributed by atoms with Crippen molar-refractivity contribution in [2.75, 3.05) is 0 Å². The van der Waals surface area contributed by atoms with Crippen molar-refractivity contribution in [2.24, 2.45) is 5.16 Å². The van der Waals surface area contributed by atoms with E-state index in [4.69, 9.17) is 5.21 Å². The molecule has 2 aliphatic heterocycles. The number of hydrogen-bond acceptors (Lipinski definition) is 3. The molecule has 4 heteroatoms. The van der Waals surface area contributed by atoms with Crippen molar-refractivity contribution in [3.8, 4) is 0 Å². The summed E-state index contributed by atoms with van der Waals surface area (Å²) in [4.78, 5) is 2.50. The van der Waals surface area contributed by atoms with Crippen LogP contribution in [0, 0.1) is 12.7 Å². The minimum atomic E-state index is -0.315. The molecular weight excluding hydrogens is 243 g/mol. The largest absolute Gasteiger partial charge is 0.411 e. The molecule has 0 atom stereocenters. The summed E-state index contributed by atoms with van der Waals surface area (Å²) >= 11 is 0. The van der Waals surface area contributed by atoms with Crippen LogP contribution in [0.2, 0.25) is 0 Å². The summed E-state index contributed by atoms with van der Waals surface area (Å²) in [6.07, 6.45) is 6.28. The van der Waals surface area contributed by atoms with Crippen molar-refractivity contribution in [2.45, 2.75) is 51.2 Å². The van der Waals surface area contributed by atoms with Crippen LogP contribution in [0.1, 0.15) is 42.4 Å². The Hall–Kier alpha value is -1.42. The fraction of sp³-hybridized carbons (Fsp3) is 0.533. The van der Waals surface area contributed by atoms with Gasteiger partial charge in [-0.2, -0.15) is 0 Å². The molecule has 0 spiro atoms. The highest BCUT2D eigenvalue weighted by Crippen LogP contribution is 2.39. The zero-order valence-corrected chi connectivity index (χ0v) is 11.1. The van der Waals surface area contributed by atoms with E-state index in [2.05, 4.69) is 10.1 Å². The van der Waals surface area contributed by atoms with Crippen LogP contribution < -0.4 is 0 Å². The highest BCUT2D eigenvalue weighted by atomic mass is 19.1. The van der Waals surface area contributed by atoms with Crippen LogP contribution in [-0.4, -0.2) is 28.4 Å². The average molecular weight is 262 g/mol. The highest BCUT2D eigenvalue weighted by Gasteiger charge is 2.39. The first kappa shape index (κ1) is 12.6. The maximum absolute atomic E-state index is 13.9. The molecule has 19 heavy (non-hydrogen) atoms. The molecule has 2 bridgehead atoms. The van der Waals surface area contributed by atoms with Gasteiger partial charge < -0.3 is 5.21 Å².